The van der Waals surface area contributed by atoms with Gasteiger partial charge in [-0.1, -0.05) is 195 Å². The number of carbonyl (C=O) groups is 3. The van der Waals surface area contributed by atoms with Gasteiger partial charge >= 0.3 is 17.9 Å². The Morgan fingerprint density at radius 3 is 0.980 bits per heavy atom. The van der Waals surface area contributed by atoms with Crippen LogP contribution in [-0.2, 0) is 28.6 Å². The summed E-state index contributed by atoms with van der Waals surface area (Å²) < 4.78 is 16.6. The van der Waals surface area contributed by atoms with E-state index < -0.39 is 6.10 Å². The van der Waals surface area contributed by atoms with E-state index in [1.165, 1.54) is 122 Å². The van der Waals surface area contributed by atoms with Crippen molar-refractivity contribution >= 4 is 17.9 Å². The number of unbranched alkanes of at least 4 members (excludes halogenated alkanes) is 23. The smallest absolute Gasteiger partial charge is 0.306 e. The molecule has 0 heterocycles. The predicted octanol–water partition coefficient (Wildman–Crippen LogP) is 13.4. The Balaban J connectivity index is 4.32. The molecule has 1 atom stereocenters. The normalized spacial score (nSPS) is 12.1. The van der Waals surface area contributed by atoms with Gasteiger partial charge in [0.2, 0.25) is 0 Å². The van der Waals surface area contributed by atoms with Gasteiger partial charge < -0.3 is 14.2 Å². The third kappa shape index (κ3) is 37.7. The molecule has 0 fully saturated rings. The van der Waals surface area contributed by atoms with Gasteiger partial charge in [-0.3, -0.25) is 14.4 Å². The van der Waals surface area contributed by atoms with Crippen LogP contribution in [0.1, 0.15) is 234 Å². The van der Waals surface area contributed by atoms with Crippen LogP contribution in [0.3, 0.4) is 0 Å². The summed E-state index contributed by atoms with van der Waals surface area (Å²) in [6, 6.07) is 0. The van der Waals surface area contributed by atoms with Crippen LogP contribution in [0.5, 0.6) is 0 Å². The first-order valence-corrected chi connectivity index (χ1v) is 21.7. The molecule has 0 aromatic heterocycles. The van der Waals surface area contributed by atoms with Crippen LogP contribution in [0, 0.1) is 11.8 Å². The van der Waals surface area contributed by atoms with Crippen LogP contribution in [0.4, 0.5) is 0 Å². The largest absolute Gasteiger partial charge is 0.462 e. The number of rotatable bonds is 38. The summed E-state index contributed by atoms with van der Waals surface area (Å²) in [5.41, 5.74) is 0. The van der Waals surface area contributed by atoms with Gasteiger partial charge in [-0.25, -0.2) is 0 Å². The summed E-state index contributed by atoms with van der Waals surface area (Å²) in [6.45, 7) is 11.2. The van der Waals surface area contributed by atoms with E-state index in [1.54, 1.807) is 0 Å². The number of ether oxygens (including phenoxy) is 3. The standard InChI is InChI=1S/C44H84O6/c1-6-7-8-9-10-11-12-13-14-15-18-24-29-34-42(45)48-37-41(50-44(47)36-31-26-21-20-23-28-33-40(4)5)38-49-43(46)35-30-25-19-16-17-22-27-32-39(2)3/h39-41H,6-38H2,1-5H3/t41-/m1/s1. The van der Waals surface area contributed by atoms with Crippen molar-refractivity contribution < 1.29 is 28.6 Å². The Morgan fingerprint density at radius 1 is 0.380 bits per heavy atom. The first-order chi connectivity index (χ1) is 24.2. The van der Waals surface area contributed by atoms with Crippen molar-refractivity contribution in [2.24, 2.45) is 11.8 Å². The van der Waals surface area contributed by atoms with Crippen LogP contribution < -0.4 is 0 Å². The number of hydrogen-bond acceptors (Lipinski definition) is 6. The van der Waals surface area contributed by atoms with E-state index in [9.17, 15) is 14.4 Å². The molecule has 0 radical (unpaired) electrons. The second-order valence-corrected chi connectivity index (χ2v) is 15.9. The monoisotopic (exact) mass is 709 g/mol. The summed E-state index contributed by atoms with van der Waals surface area (Å²) >= 11 is 0. The number of esters is 3. The lowest BCUT2D eigenvalue weighted by atomic mass is 10.0. The van der Waals surface area contributed by atoms with Crippen LogP contribution in [0.25, 0.3) is 0 Å². The molecule has 0 aromatic carbocycles. The van der Waals surface area contributed by atoms with Crippen molar-refractivity contribution in [1.29, 1.82) is 0 Å². The van der Waals surface area contributed by atoms with Gasteiger partial charge in [0.15, 0.2) is 6.10 Å². The van der Waals surface area contributed by atoms with E-state index in [0.717, 1.165) is 69.6 Å². The van der Waals surface area contributed by atoms with Gasteiger partial charge in [-0.05, 0) is 31.1 Å². The minimum absolute atomic E-state index is 0.0665. The Bertz CT molecular complexity index is 764. The number of carbonyl (C=O) groups excluding carboxylic acids is 3. The van der Waals surface area contributed by atoms with Crippen LogP contribution in [0.2, 0.25) is 0 Å². The van der Waals surface area contributed by atoms with Crippen molar-refractivity contribution in [3.05, 3.63) is 0 Å². The van der Waals surface area contributed by atoms with Crippen molar-refractivity contribution in [2.75, 3.05) is 13.2 Å². The Hall–Kier alpha value is -1.59. The fourth-order valence-corrected chi connectivity index (χ4v) is 6.40. The molecule has 0 saturated carbocycles. The molecule has 6 nitrogen and oxygen atoms in total. The summed E-state index contributed by atoms with van der Waals surface area (Å²) in [5, 5.41) is 0. The zero-order chi connectivity index (χ0) is 36.9. The van der Waals surface area contributed by atoms with Crippen molar-refractivity contribution in [3.63, 3.8) is 0 Å². The highest BCUT2D eigenvalue weighted by Crippen LogP contribution is 2.16. The van der Waals surface area contributed by atoms with Crippen LogP contribution in [-0.4, -0.2) is 37.2 Å². The highest BCUT2D eigenvalue weighted by molar-refractivity contribution is 5.71. The quantitative estimate of drug-likeness (QED) is 0.0361. The molecule has 296 valence electrons. The van der Waals surface area contributed by atoms with E-state index in [2.05, 4.69) is 34.6 Å². The summed E-state index contributed by atoms with van der Waals surface area (Å²) in [6.07, 6.45) is 33.9. The van der Waals surface area contributed by atoms with E-state index in [-0.39, 0.29) is 31.1 Å². The van der Waals surface area contributed by atoms with E-state index >= 15 is 0 Å². The maximum Gasteiger partial charge on any atom is 0.306 e. The average molecular weight is 709 g/mol. The minimum atomic E-state index is -0.760. The molecule has 6 heteroatoms. The summed E-state index contributed by atoms with van der Waals surface area (Å²) in [7, 11) is 0. The highest BCUT2D eigenvalue weighted by atomic mass is 16.6. The Labute approximate surface area is 310 Å². The first-order valence-electron chi connectivity index (χ1n) is 21.7. The van der Waals surface area contributed by atoms with Gasteiger partial charge in [0, 0.05) is 19.3 Å². The fraction of sp³-hybridized carbons (Fsp3) is 0.932. The highest BCUT2D eigenvalue weighted by Gasteiger charge is 2.19. The first kappa shape index (κ1) is 48.4. The average Bonchev–Trinajstić information content (AvgIpc) is 3.08. The van der Waals surface area contributed by atoms with Gasteiger partial charge in [-0.2, -0.15) is 0 Å². The third-order valence-electron chi connectivity index (χ3n) is 9.72. The molecule has 0 bridgehead atoms. The third-order valence-corrected chi connectivity index (χ3v) is 9.72. The molecule has 0 N–H and O–H groups in total. The molecule has 0 aliphatic carbocycles. The molecule has 0 saturated heterocycles. The number of hydrogen-bond donors (Lipinski definition) is 0. The Morgan fingerprint density at radius 2 is 0.660 bits per heavy atom. The fourth-order valence-electron chi connectivity index (χ4n) is 6.40. The SMILES string of the molecule is CCCCCCCCCCCCCCCC(=O)OC[C@H](COC(=O)CCCCCCCCCC(C)C)OC(=O)CCCCCCCCC(C)C. The van der Waals surface area contributed by atoms with Crippen LogP contribution >= 0.6 is 0 Å². The van der Waals surface area contributed by atoms with Crippen molar-refractivity contribution in [3.8, 4) is 0 Å². The Kier molecular flexibility index (Phi) is 36.0. The maximum absolute atomic E-state index is 12.6. The van der Waals surface area contributed by atoms with Gasteiger partial charge in [-0.15, -0.1) is 0 Å². The zero-order valence-corrected chi connectivity index (χ0v) is 34.0. The second-order valence-electron chi connectivity index (χ2n) is 15.9. The molecular weight excluding hydrogens is 624 g/mol. The van der Waals surface area contributed by atoms with E-state index in [0.29, 0.717) is 19.3 Å². The van der Waals surface area contributed by atoms with E-state index in [4.69, 9.17) is 14.2 Å². The molecule has 0 aliphatic rings. The van der Waals surface area contributed by atoms with Gasteiger partial charge in [0.1, 0.15) is 13.2 Å². The van der Waals surface area contributed by atoms with E-state index in [1.807, 2.05) is 0 Å². The molecule has 0 unspecified atom stereocenters. The lowest BCUT2D eigenvalue weighted by molar-refractivity contribution is -0.167. The maximum atomic E-state index is 12.6. The predicted molar refractivity (Wildman–Crippen MR) is 210 cm³/mol. The molecule has 50 heavy (non-hydrogen) atoms. The zero-order valence-electron chi connectivity index (χ0n) is 34.0. The molecule has 0 aliphatic heterocycles. The van der Waals surface area contributed by atoms with Crippen molar-refractivity contribution in [1.82, 2.24) is 0 Å². The minimum Gasteiger partial charge on any atom is -0.462 e. The lowest BCUT2D eigenvalue weighted by Gasteiger charge is -2.18. The van der Waals surface area contributed by atoms with Gasteiger partial charge in [0.05, 0.1) is 0 Å². The molecular formula is C44H84O6. The molecule has 0 aromatic rings. The molecule has 0 amide bonds. The second kappa shape index (κ2) is 37.2. The summed E-state index contributed by atoms with van der Waals surface area (Å²) in [4.78, 5) is 37.5. The lowest BCUT2D eigenvalue weighted by Crippen LogP contribution is -2.30. The molecule has 0 spiro atoms. The van der Waals surface area contributed by atoms with Crippen molar-refractivity contribution in [2.45, 2.75) is 240 Å². The van der Waals surface area contributed by atoms with Crippen LogP contribution in [0.15, 0.2) is 0 Å². The summed E-state index contributed by atoms with van der Waals surface area (Å²) in [5.74, 6) is 0.673. The topological polar surface area (TPSA) is 78.9 Å². The van der Waals surface area contributed by atoms with Gasteiger partial charge in [0.25, 0.3) is 0 Å². The molecule has 0 rings (SSSR count).